The number of carbonyl (C=O) groups excluding carboxylic acids is 2. The van der Waals surface area contributed by atoms with E-state index in [1.165, 1.54) is 0 Å². The number of ether oxygens (including phenoxy) is 2. The van der Waals surface area contributed by atoms with Crippen molar-refractivity contribution >= 4 is 17.8 Å². The third-order valence-corrected chi connectivity index (χ3v) is 6.15. The second kappa shape index (κ2) is 7.00. The number of hydrogen-bond donors (Lipinski definition) is 1. The van der Waals surface area contributed by atoms with E-state index >= 15 is 0 Å². The van der Waals surface area contributed by atoms with Crippen LogP contribution in [0, 0.1) is 5.41 Å². The summed E-state index contributed by atoms with van der Waals surface area (Å²) in [7, 11) is 1.56. The zero-order valence-electron chi connectivity index (χ0n) is 15.8. The second-order valence-electron chi connectivity index (χ2n) is 7.75. The Hall–Kier alpha value is -2.77. The van der Waals surface area contributed by atoms with Gasteiger partial charge in [-0.2, -0.15) is 0 Å². The van der Waals surface area contributed by atoms with Gasteiger partial charge in [-0.1, -0.05) is 6.07 Å². The van der Waals surface area contributed by atoms with Crippen LogP contribution in [-0.2, 0) is 14.4 Å². The lowest BCUT2D eigenvalue weighted by Crippen LogP contribution is -2.47. The largest absolute Gasteiger partial charge is 0.497 e. The molecule has 0 radical (unpaired) electrons. The van der Waals surface area contributed by atoms with Crippen molar-refractivity contribution in [3.63, 3.8) is 0 Å². The highest BCUT2D eigenvalue weighted by Gasteiger charge is 2.57. The van der Waals surface area contributed by atoms with Crippen LogP contribution < -0.4 is 9.47 Å². The zero-order valence-corrected chi connectivity index (χ0v) is 15.8. The summed E-state index contributed by atoms with van der Waals surface area (Å²) in [4.78, 5) is 40.2. The van der Waals surface area contributed by atoms with Crippen molar-refractivity contribution in [1.82, 2.24) is 9.80 Å². The normalized spacial score (nSPS) is 26.3. The first-order valence-corrected chi connectivity index (χ1v) is 9.54. The van der Waals surface area contributed by atoms with Gasteiger partial charge in [0.2, 0.25) is 11.8 Å². The molecule has 2 amide bonds. The lowest BCUT2D eigenvalue weighted by Gasteiger charge is -2.35. The molecule has 2 atom stereocenters. The molecule has 0 unspecified atom stereocenters. The molecule has 0 aromatic heterocycles. The van der Waals surface area contributed by atoms with E-state index in [9.17, 15) is 19.5 Å². The standard InChI is InChI=1S/C20H24N2O6/c1-27-13-5-6-14-15-9-22(18(24)10-21-7-3-2-4-17(21)23)11-20(15,19(25)26)12-28-16(14)8-13/h5-6,8,15H,2-4,7,9-12H2,1H3,(H,25,26)/t15-,20-/m1/s1. The Kier molecular flexibility index (Phi) is 4.64. The Bertz CT molecular complexity index is 825. The summed E-state index contributed by atoms with van der Waals surface area (Å²) < 4.78 is 11.0. The summed E-state index contributed by atoms with van der Waals surface area (Å²) in [5.41, 5.74) is -0.401. The molecule has 0 spiro atoms. The van der Waals surface area contributed by atoms with E-state index in [1.54, 1.807) is 29.0 Å². The van der Waals surface area contributed by atoms with Crippen LogP contribution in [0.15, 0.2) is 18.2 Å². The number of nitrogens with zero attached hydrogens (tertiary/aromatic N) is 2. The number of piperidine rings is 1. The van der Waals surface area contributed by atoms with Gasteiger partial charge in [0.25, 0.3) is 0 Å². The lowest BCUT2D eigenvalue weighted by atomic mass is 9.73. The van der Waals surface area contributed by atoms with Gasteiger partial charge in [0.1, 0.15) is 23.5 Å². The van der Waals surface area contributed by atoms with E-state index in [-0.39, 0.29) is 37.4 Å². The summed E-state index contributed by atoms with van der Waals surface area (Å²) in [5, 5.41) is 9.98. The summed E-state index contributed by atoms with van der Waals surface area (Å²) in [5.74, 6) is -0.313. The number of benzene rings is 1. The molecule has 0 saturated carbocycles. The topological polar surface area (TPSA) is 96.4 Å². The fourth-order valence-corrected chi connectivity index (χ4v) is 4.47. The summed E-state index contributed by atoms with van der Waals surface area (Å²) in [6, 6.07) is 5.34. The van der Waals surface area contributed by atoms with E-state index in [1.807, 2.05) is 6.07 Å². The third kappa shape index (κ3) is 2.96. The molecular formula is C20H24N2O6. The van der Waals surface area contributed by atoms with Crippen molar-refractivity contribution in [2.45, 2.75) is 25.2 Å². The number of likely N-dealkylation sites (tertiary alicyclic amines) is 2. The van der Waals surface area contributed by atoms with E-state index in [2.05, 4.69) is 0 Å². The first-order chi connectivity index (χ1) is 13.4. The average Bonchev–Trinajstić information content (AvgIpc) is 3.11. The van der Waals surface area contributed by atoms with Crippen LogP contribution >= 0.6 is 0 Å². The minimum absolute atomic E-state index is 0.000404. The highest BCUT2D eigenvalue weighted by atomic mass is 16.5. The molecule has 0 aliphatic carbocycles. The average molecular weight is 388 g/mol. The SMILES string of the molecule is COc1ccc2c(c1)OC[C@]1(C(=O)O)CN(C(=O)CN3CCCCC3=O)C[C@H]21. The molecule has 8 nitrogen and oxygen atoms in total. The molecular weight excluding hydrogens is 364 g/mol. The number of aliphatic carboxylic acids is 1. The van der Waals surface area contributed by atoms with Gasteiger partial charge >= 0.3 is 5.97 Å². The van der Waals surface area contributed by atoms with Crippen molar-refractivity contribution in [2.24, 2.45) is 5.41 Å². The molecule has 2 fully saturated rings. The van der Waals surface area contributed by atoms with Gasteiger partial charge in [0.05, 0.1) is 13.7 Å². The number of methoxy groups -OCH3 is 1. The number of fused-ring (bicyclic) bond motifs is 3. The molecule has 4 rings (SSSR count). The summed E-state index contributed by atoms with van der Waals surface area (Å²) in [6.07, 6.45) is 2.22. The molecule has 3 heterocycles. The van der Waals surface area contributed by atoms with E-state index in [0.29, 0.717) is 31.0 Å². The molecule has 150 valence electrons. The maximum Gasteiger partial charge on any atom is 0.315 e. The summed E-state index contributed by atoms with van der Waals surface area (Å²) in [6.45, 7) is 0.976. The van der Waals surface area contributed by atoms with Crippen LogP contribution in [0.3, 0.4) is 0 Å². The number of rotatable bonds is 4. The van der Waals surface area contributed by atoms with Gasteiger partial charge in [-0.15, -0.1) is 0 Å². The first-order valence-electron chi connectivity index (χ1n) is 9.54. The van der Waals surface area contributed by atoms with Crippen LogP contribution in [0.4, 0.5) is 0 Å². The van der Waals surface area contributed by atoms with Gasteiger partial charge in [-0.25, -0.2) is 0 Å². The Balaban J connectivity index is 1.58. The Labute approximate surface area is 163 Å². The minimum atomic E-state index is -1.18. The lowest BCUT2D eigenvalue weighted by molar-refractivity contribution is -0.152. The van der Waals surface area contributed by atoms with Crippen LogP contribution in [0.5, 0.6) is 11.5 Å². The van der Waals surface area contributed by atoms with Gasteiger partial charge in [-0.3, -0.25) is 14.4 Å². The van der Waals surface area contributed by atoms with Gasteiger partial charge < -0.3 is 24.4 Å². The number of carbonyl (C=O) groups is 3. The van der Waals surface area contributed by atoms with E-state index in [0.717, 1.165) is 18.4 Å². The summed E-state index contributed by atoms with van der Waals surface area (Å²) >= 11 is 0. The van der Waals surface area contributed by atoms with Gasteiger partial charge in [0.15, 0.2) is 0 Å². The molecule has 8 heteroatoms. The molecule has 1 aromatic carbocycles. The Morgan fingerprint density at radius 3 is 2.89 bits per heavy atom. The van der Waals surface area contributed by atoms with Gasteiger partial charge in [-0.05, 0) is 18.9 Å². The molecule has 3 aliphatic heterocycles. The predicted octanol–water partition coefficient (Wildman–Crippen LogP) is 1.10. The van der Waals surface area contributed by atoms with Crippen molar-refractivity contribution in [3.8, 4) is 11.5 Å². The fourth-order valence-electron chi connectivity index (χ4n) is 4.47. The molecule has 0 bridgehead atoms. The molecule has 1 aromatic rings. The zero-order chi connectivity index (χ0) is 19.9. The monoisotopic (exact) mass is 388 g/mol. The van der Waals surface area contributed by atoms with Crippen LogP contribution in [0.25, 0.3) is 0 Å². The van der Waals surface area contributed by atoms with Crippen LogP contribution in [0.2, 0.25) is 0 Å². The van der Waals surface area contributed by atoms with Crippen molar-refractivity contribution in [1.29, 1.82) is 0 Å². The smallest absolute Gasteiger partial charge is 0.315 e. The maximum atomic E-state index is 12.9. The van der Waals surface area contributed by atoms with Crippen molar-refractivity contribution < 1.29 is 29.0 Å². The molecule has 2 saturated heterocycles. The van der Waals surface area contributed by atoms with E-state index < -0.39 is 11.4 Å². The van der Waals surface area contributed by atoms with Crippen molar-refractivity contribution in [2.75, 3.05) is 39.9 Å². The predicted molar refractivity (Wildman–Crippen MR) is 98.3 cm³/mol. The highest BCUT2D eigenvalue weighted by molar-refractivity contribution is 5.87. The third-order valence-electron chi connectivity index (χ3n) is 6.15. The molecule has 3 aliphatic rings. The maximum absolute atomic E-state index is 12.9. The highest BCUT2D eigenvalue weighted by Crippen LogP contribution is 2.50. The number of carboxylic acid groups (broad SMARTS) is 1. The minimum Gasteiger partial charge on any atom is -0.497 e. The Morgan fingerprint density at radius 2 is 2.18 bits per heavy atom. The number of carboxylic acids is 1. The molecule has 28 heavy (non-hydrogen) atoms. The van der Waals surface area contributed by atoms with E-state index in [4.69, 9.17) is 9.47 Å². The Morgan fingerprint density at radius 1 is 1.36 bits per heavy atom. The van der Waals surface area contributed by atoms with Crippen molar-refractivity contribution in [3.05, 3.63) is 23.8 Å². The number of hydrogen-bond acceptors (Lipinski definition) is 5. The fraction of sp³-hybridized carbons (Fsp3) is 0.550. The second-order valence-corrected chi connectivity index (χ2v) is 7.75. The van der Waals surface area contributed by atoms with Gasteiger partial charge in [0, 0.05) is 43.6 Å². The first kappa shape index (κ1) is 18.6. The quantitative estimate of drug-likeness (QED) is 0.830. The van der Waals surface area contributed by atoms with Crippen LogP contribution in [-0.4, -0.2) is 72.6 Å². The van der Waals surface area contributed by atoms with Crippen LogP contribution in [0.1, 0.15) is 30.7 Å². The number of amides is 2. The molecule has 1 N–H and O–H groups in total.